The largest absolute Gasteiger partial charge is 0.337 e. The number of rotatable bonds is 4. The van der Waals surface area contributed by atoms with Crippen molar-refractivity contribution < 1.29 is 9.59 Å². The Labute approximate surface area is 129 Å². The Kier molecular flexibility index (Phi) is 5.73. The van der Waals surface area contributed by atoms with Gasteiger partial charge < -0.3 is 10.2 Å². The van der Waals surface area contributed by atoms with Crippen LogP contribution in [0.3, 0.4) is 0 Å². The summed E-state index contributed by atoms with van der Waals surface area (Å²) in [5.41, 5.74) is 0.442. The highest BCUT2D eigenvalue weighted by molar-refractivity contribution is 7.14. The Morgan fingerprint density at radius 2 is 2.24 bits per heavy atom. The lowest BCUT2D eigenvalue weighted by atomic mass is 9.96. The van der Waals surface area contributed by atoms with Crippen LogP contribution in [0.4, 0.5) is 5.13 Å². The van der Waals surface area contributed by atoms with E-state index in [1.54, 1.807) is 5.38 Å². The molecular formula is C15H23N3O2S. The molecule has 0 unspecified atom stereocenters. The third-order valence-electron chi connectivity index (χ3n) is 3.84. The van der Waals surface area contributed by atoms with Crippen molar-refractivity contribution in [2.75, 3.05) is 18.4 Å². The zero-order valence-electron chi connectivity index (χ0n) is 12.7. The number of anilines is 1. The van der Waals surface area contributed by atoms with Gasteiger partial charge >= 0.3 is 0 Å². The number of hydrogen-bond acceptors (Lipinski definition) is 4. The number of nitrogens with one attached hydrogen (secondary N) is 1. The van der Waals surface area contributed by atoms with Crippen molar-refractivity contribution >= 4 is 28.3 Å². The van der Waals surface area contributed by atoms with Gasteiger partial charge in [-0.25, -0.2) is 4.98 Å². The average Bonchev–Trinajstić information content (AvgIpc) is 2.76. The molecule has 1 atom stereocenters. The van der Waals surface area contributed by atoms with Crippen molar-refractivity contribution in [2.24, 2.45) is 5.92 Å². The van der Waals surface area contributed by atoms with E-state index in [2.05, 4.69) is 17.2 Å². The molecule has 5 nitrogen and oxygen atoms in total. The number of amides is 2. The quantitative estimate of drug-likeness (QED) is 0.929. The third-order valence-corrected chi connectivity index (χ3v) is 4.60. The first-order valence-electron chi connectivity index (χ1n) is 7.62. The predicted octanol–water partition coefficient (Wildman–Crippen LogP) is 3.14. The predicted molar refractivity (Wildman–Crippen MR) is 84.6 cm³/mol. The van der Waals surface area contributed by atoms with Crippen LogP contribution < -0.4 is 5.32 Å². The van der Waals surface area contributed by atoms with E-state index in [0.29, 0.717) is 10.8 Å². The van der Waals surface area contributed by atoms with E-state index in [1.165, 1.54) is 37.5 Å². The van der Waals surface area contributed by atoms with Crippen LogP contribution in [0.25, 0.3) is 0 Å². The van der Waals surface area contributed by atoms with E-state index in [4.69, 9.17) is 0 Å². The molecule has 1 aliphatic heterocycles. The zero-order chi connectivity index (χ0) is 15.2. The van der Waals surface area contributed by atoms with Gasteiger partial charge in [-0.3, -0.25) is 9.59 Å². The first-order valence-corrected chi connectivity index (χ1v) is 8.50. The molecule has 1 N–H and O–H groups in total. The standard InChI is InChI=1S/C15H23N3O2S/c1-3-5-12-6-4-8-18(9-7-12)14(20)13-10-21-15(17-13)16-11(2)19/h10,12H,3-9H2,1-2H3,(H,16,17,19)/t12-/m1/s1. The maximum Gasteiger partial charge on any atom is 0.273 e. The number of likely N-dealkylation sites (tertiary alicyclic amines) is 1. The van der Waals surface area contributed by atoms with E-state index in [9.17, 15) is 9.59 Å². The van der Waals surface area contributed by atoms with Crippen LogP contribution >= 0.6 is 11.3 Å². The second kappa shape index (κ2) is 7.54. The van der Waals surface area contributed by atoms with Crippen LogP contribution in [0.15, 0.2) is 5.38 Å². The molecule has 1 aromatic heterocycles. The molecular weight excluding hydrogens is 286 g/mol. The van der Waals surface area contributed by atoms with Gasteiger partial charge in [-0.1, -0.05) is 19.8 Å². The van der Waals surface area contributed by atoms with Gasteiger partial charge in [0.15, 0.2) is 5.13 Å². The van der Waals surface area contributed by atoms with E-state index in [1.807, 2.05) is 4.90 Å². The number of thiazole rings is 1. The smallest absolute Gasteiger partial charge is 0.273 e. The lowest BCUT2D eigenvalue weighted by Gasteiger charge is -2.19. The Hall–Kier alpha value is -1.43. The molecule has 0 aromatic carbocycles. The van der Waals surface area contributed by atoms with Gasteiger partial charge in [0.25, 0.3) is 5.91 Å². The molecule has 1 saturated heterocycles. The average molecular weight is 309 g/mol. The summed E-state index contributed by atoms with van der Waals surface area (Å²) in [4.78, 5) is 29.6. The summed E-state index contributed by atoms with van der Waals surface area (Å²) in [5, 5.41) is 4.83. The SMILES string of the molecule is CCC[C@@H]1CCCN(C(=O)c2csc(NC(C)=O)n2)CC1. The number of carbonyl (C=O) groups excluding carboxylic acids is 2. The monoisotopic (exact) mass is 309 g/mol. The van der Waals surface area contributed by atoms with E-state index in [-0.39, 0.29) is 11.8 Å². The summed E-state index contributed by atoms with van der Waals surface area (Å²) in [6.45, 7) is 5.28. The van der Waals surface area contributed by atoms with Crippen molar-refractivity contribution in [3.63, 3.8) is 0 Å². The summed E-state index contributed by atoms with van der Waals surface area (Å²) in [7, 11) is 0. The van der Waals surface area contributed by atoms with Gasteiger partial charge in [0.1, 0.15) is 5.69 Å². The van der Waals surface area contributed by atoms with Crippen molar-refractivity contribution in [1.82, 2.24) is 9.88 Å². The van der Waals surface area contributed by atoms with Crippen LogP contribution in [0, 0.1) is 5.92 Å². The first-order chi connectivity index (χ1) is 10.1. The highest BCUT2D eigenvalue weighted by Gasteiger charge is 2.23. The summed E-state index contributed by atoms with van der Waals surface area (Å²) in [6.07, 6.45) is 5.84. The van der Waals surface area contributed by atoms with Gasteiger partial charge in [0, 0.05) is 25.4 Å². The summed E-state index contributed by atoms with van der Waals surface area (Å²) >= 11 is 1.29. The fraction of sp³-hybridized carbons (Fsp3) is 0.667. The molecule has 0 radical (unpaired) electrons. The lowest BCUT2D eigenvalue weighted by Crippen LogP contribution is -2.32. The van der Waals surface area contributed by atoms with Crippen molar-refractivity contribution in [2.45, 2.75) is 46.0 Å². The molecule has 0 aliphatic carbocycles. The van der Waals surface area contributed by atoms with E-state index in [0.717, 1.165) is 31.8 Å². The summed E-state index contributed by atoms with van der Waals surface area (Å²) in [6, 6.07) is 0. The van der Waals surface area contributed by atoms with Crippen molar-refractivity contribution in [1.29, 1.82) is 0 Å². The molecule has 1 aliphatic rings. The minimum atomic E-state index is -0.166. The summed E-state index contributed by atoms with van der Waals surface area (Å²) < 4.78 is 0. The fourth-order valence-corrected chi connectivity index (χ4v) is 3.54. The minimum Gasteiger partial charge on any atom is -0.337 e. The maximum atomic E-state index is 12.5. The molecule has 1 aromatic rings. The highest BCUT2D eigenvalue weighted by atomic mass is 32.1. The first kappa shape index (κ1) is 15.9. The second-order valence-corrected chi connectivity index (χ2v) is 6.45. The molecule has 2 rings (SSSR count). The van der Waals surface area contributed by atoms with Gasteiger partial charge in [0.2, 0.25) is 5.91 Å². The molecule has 2 amide bonds. The molecule has 0 spiro atoms. The van der Waals surface area contributed by atoms with Crippen LogP contribution in [-0.4, -0.2) is 34.8 Å². The topological polar surface area (TPSA) is 62.3 Å². The summed E-state index contributed by atoms with van der Waals surface area (Å²) in [5.74, 6) is 0.568. The van der Waals surface area contributed by atoms with Crippen molar-refractivity contribution in [3.05, 3.63) is 11.1 Å². The van der Waals surface area contributed by atoms with Gasteiger partial charge in [-0.15, -0.1) is 11.3 Å². The molecule has 2 heterocycles. The van der Waals surface area contributed by atoms with E-state index >= 15 is 0 Å². The number of hydrogen-bond donors (Lipinski definition) is 1. The molecule has 1 fully saturated rings. The van der Waals surface area contributed by atoms with Crippen molar-refractivity contribution in [3.8, 4) is 0 Å². The third kappa shape index (κ3) is 4.52. The Morgan fingerprint density at radius 1 is 1.43 bits per heavy atom. The molecule has 116 valence electrons. The Balaban J connectivity index is 1.96. The maximum absolute atomic E-state index is 12.5. The Bertz CT molecular complexity index is 501. The lowest BCUT2D eigenvalue weighted by molar-refractivity contribution is -0.114. The van der Waals surface area contributed by atoms with Gasteiger partial charge in [-0.05, 0) is 25.2 Å². The zero-order valence-corrected chi connectivity index (χ0v) is 13.5. The second-order valence-electron chi connectivity index (χ2n) is 5.60. The number of nitrogens with zero attached hydrogens (tertiary/aromatic N) is 2. The fourth-order valence-electron chi connectivity index (χ4n) is 2.81. The minimum absolute atomic E-state index is 0.0139. The highest BCUT2D eigenvalue weighted by Crippen LogP contribution is 2.23. The number of aromatic nitrogens is 1. The van der Waals surface area contributed by atoms with Gasteiger partial charge in [-0.2, -0.15) is 0 Å². The molecule has 0 saturated carbocycles. The van der Waals surface area contributed by atoms with Crippen LogP contribution in [0.2, 0.25) is 0 Å². The molecule has 6 heteroatoms. The van der Waals surface area contributed by atoms with Crippen LogP contribution in [-0.2, 0) is 4.79 Å². The van der Waals surface area contributed by atoms with Gasteiger partial charge in [0.05, 0.1) is 0 Å². The van der Waals surface area contributed by atoms with Crippen LogP contribution in [0.1, 0.15) is 56.4 Å². The number of carbonyl (C=O) groups is 2. The van der Waals surface area contributed by atoms with Crippen LogP contribution in [0.5, 0.6) is 0 Å². The molecule has 0 bridgehead atoms. The Morgan fingerprint density at radius 3 is 2.95 bits per heavy atom. The molecule has 21 heavy (non-hydrogen) atoms. The van der Waals surface area contributed by atoms with E-state index < -0.39 is 0 Å². The normalized spacial score (nSPS) is 19.1.